The molecule has 5 heteroatoms. The Morgan fingerprint density at radius 1 is 1.53 bits per heavy atom. The third-order valence-corrected chi connectivity index (χ3v) is 3.92. The van der Waals surface area contributed by atoms with Gasteiger partial charge in [-0.15, -0.1) is 0 Å². The van der Waals surface area contributed by atoms with Crippen molar-refractivity contribution in [3.8, 4) is 0 Å². The van der Waals surface area contributed by atoms with Crippen molar-refractivity contribution in [1.82, 2.24) is 9.78 Å². The first-order valence-electron chi connectivity index (χ1n) is 6.17. The molecule has 1 aliphatic rings. The van der Waals surface area contributed by atoms with Crippen LogP contribution in [-0.2, 0) is 24.8 Å². The van der Waals surface area contributed by atoms with Crippen LogP contribution in [0.1, 0.15) is 31.2 Å². The molecule has 96 valence electrons. The molecule has 1 aromatic heterocycles. The lowest BCUT2D eigenvalue weighted by atomic mass is 9.82. The average molecular weight is 258 g/mol. The van der Waals surface area contributed by atoms with Gasteiger partial charge >= 0.3 is 0 Å². The first kappa shape index (κ1) is 12.9. The van der Waals surface area contributed by atoms with E-state index in [1.54, 1.807) is 0 Å². The summed E-state index contributed by atoms with van der Waals surface area (Å²) in [6.07, 6.45) is 3.35. The van der Waals surface area contributed by atoms with Crippen LogP contribution < -0.4 is 5.73 Å². The number of aromatic nitrogens is 2. The molecule has 0 amide bonds. The van der Waals surface area contributed by atoms with Gasteiger partial charge in [0.15, 0.2) is 0 Å². The summed E-state index contributed by atoms with van der Waals surface area (Å²) in [5.41, 5.74) is 7.50. The van der Waals surface area contributed by atoms with Crippen LogP contribution in [0.2, 0.25) is 5.02 Å². The van der Waals surface area contributed by atoms with Crippen LogP contribution in [0, 0.1) is 5.92 Å². The predicted molar refractivity (Wildman–Crippen MR) is 68.0 cm³/mol. The first-order chi connectivity index (χ1) is 8.15. The number of nitrogens with two attached hydrogens (primary N) is 1. The molecule has 1 aromatic rings. The molecular weight excluding hydrogens is 238 g/mol. The van der Waals surface area contributed by atoms with Gasteiger partial charge in [-0.1, -0.05) is 18.5 Å². The Morgan fingerprint density at radius 3 is 2.76 bits per heavy atom. The van der Waals surface area contributed by atoms with Crippen molar-refractivity contribution in [1.29, 1.82) is 0 Å². The Bertz CT molecular complexity index is 385. The van der Waals surface area contributed by atoms with Gasteiger partial charge < -0.3 is 10.5 Å². The van der Waals surface area contributed by atoms with E-state index >= 15 is 0 Å². The number of halogens is 1. The molecule has 0 aliphatic heterocycles. The quantitative estimate of drug-likeness (QED) is 0.877. The lowest BCUT2D eigenvalue weighted by Gasteiger charge is -2.34. The lowest BCUT2D eigenvalue weighted by Crippen LogP contribution is -2.35. The summed E-state index contributed by atoms with van der Waals surface area (Å²) in [4.78, 5) is 0. The maximum Gasteiger partial charge on any atom is 0.0903 e. The van der Waals surface area contributed by atoms with Crippen molar-refractivity contribution in [3.05, 3.63) is 16.4 Å². The summed E-state index contributed by atoms with van der Waals surface area (Å²) in [5.74, 6) is 0.646. The van der Waals surface area contributed by atoms with Crippen molar-refractivity contribution in [2.45, 2.75) is 38.9 Å². The fraction of sp³-hybridized carbons (Fsp3) is 0.750. The summed E-state index contributed by atoms with van der Waals surface area (Å²) in [6.45, 7) is 3.37. The summed E-state index contributed by atoms with van der Waals surface area (Å²) < 4.78 is 7.63. The van der Waals surface area contributed by atoms with Gasteiger partial charge in [0.05, 0.1) is 29.1 Å². The lowest BCUT2D eigenvalue weighted by molar-refractivity contribution is -0.0396. The molecule has 0 aromatic carbocycles. The van der Waals surface area contributed by atoms with E-state index in [2.05, 4.69) is 12.0 Å². The number of rotatable bonds is 5. The van der Waals surface area contributed by atoms with Gasteiger partial charge in [0.2, 0.25) is 0 Å². The van der Waals surface area contributed by atoms with Gasteiger partial charge in [-0.2, -0.15) is 5.10 Å². The van der Waals surface area contributed by atoms with E-state index in [1.807, 2.05) is 11.7 Å². The highest BCUT2D eigenvalue weighted by atomic mass is 35.5. The van der Waals surface area contributed by atoms with Gasteiger partial charge in [0.25, 0.3) is 0 Å². The van der Waals surface area contributed by atoms with E-state index in [0.717, 1.165) is 42.2 Å². The molecule has 4 nitrogen and oxygen atoms in total. The second-order valence-electron chi connectivity index (χ2n) is 4.69. The molecule has 0 spiro atoms. The zero-order valence-electron chi connectivity index (χ0n) is 10.4. The van der Waals surface area contributed by atoms with Gasteiger partial charge in [0.1, 0.15) is 0 Å². The monoisotopic (exact) mass is 257 g/mol. The number of aryl methyl sites for hydroxylation is 2. The van der Waals surface area contributed by atoms with E-state index in [0.29, 0.717) is 18.6 Å². The SMILES string of the molecule is CCc1nn(C)c(COC2CC(CN)C2)c1Cl. The molecule has 1 fully saturated rings. The van der Waals surface area contributed by atoms with E-state index in [9.17, 15) is 0 Å². The van der Waals surface area contributed by atoms with Crippen LogP contribution in [0.5, 0.6) is 0 Å². The van der Waals surface area contributed by atoms with Crippen LogP contribution in [0.25, 0.3) is 0 Å². The van der Waals surface area contributed by atoms with Crippen LogP contribution >= 0.6 is 11.6 Å². The number of hydrogen-bond donors (Lipinski definition) is 1. The molecule has 2 N–H and O–H groups in total. The van der Waals surface area contributed by atoms with Gasteiger partial charge in [-0.25, -0.2) is 0 Å². The molecule has 0 bridgehead atoms. The minimum atomic E-state index is 0.347. The minimum Gasteiger partial charge on any atom is -0.372 e. The van der Waals surface area contributed by atoms with Crippen LogP contribution in [0.15, 0.2) is 0 Å². The highest BCUT2D eigenvalue weighted by molar-refractivity contribution is 6.31. The minimum absolute atomic E-state index is 0.347. The zero-order valence-corrected chi connectivity index (χ0v) is 11.2. The molecule has 17 heavy (non-hydrogen) atoms. The molecule has 1 saturated carbocycles. The molecule has 1 heterocycles. The number of nitrogens with zero attached hydrogens (tertiary/aromatic N) is 2. The molecule has 0 atom stereocenters. The van der Waals surface area contributed by atoms with Gasteiger partial charge in [-0.3, -0.25) is 4.68 Å². The highest BCUT2D eigenvalue weighted by Gasteiger charge is 2.29. The summed E-state index contributed by atoms with van der Waals surface area (Å²) >= 11 is 6.25. The number of ether oxygens (including phenoxy) is 1. The predicted octanol–water partition coefficient (Wildman–Crippen LogP) is 1.89. The normalized spacial score (nSPS) is 23.8. The van der Waals surface area contributed by atoms with Crippen molar-refractivity contribution in [2.24, 2.45) is 18.7 Å². The second-order valence-corrected chi connectivity index (χ2v) is 5.07. The largest absolute Gasteiger partial charge is 0.372 e. The first-order valence-corrected chi connectivity index (χ1v) is 6.55. The maximum absolute atomic E-state index is 6.25. The van der Waals surface area contributed by atoms with Crippen LogP contribution in [-0.4, -0.2) is 22.4 Å². The smallest absolute Gasteiger partial charge is 0.0903 e. The van der Waals surface area contributed by atoms with Gasteiger partial charge in [0, 0.05) is 7.05 Å². The van der Waals surface area contributed by atoms with E-state index in [1.165, 1.54) is 0 Å². The Labute approximate surface area is 107 Å². The van der Waals surface area contributed by atoms with Crippen molar-refractivity contribution < 1.29 is 4.74 Å². The number of hydrogen-bond acceptors (Lipinski definition) is 3. The fourth-order valence-corrected chi connectivity index (χ4v) is 2.52. The van der Waals surface area contributed by atoms with E-state index in [4.69, 9.17) is 22.1 Å². The second kappa shape index (κ2) is 5.38. The van der Waals surface area contributed by atoms with Crippen molar-refractivity contribution in [3.63, 3.8) is 0 Å². The summed E-state index contributed by atoms with van der Waals surface area (Å²) in [6, 6.07) is 0. The molecule has 0 radical (unpaired) electrons. The van der Waals surface area contributed by atoms with E-state index in [-0.39, 0.29) is 0 Å². The van der Waals surface area contributed by atoms with E-state index < -0.39 is 0 Å². The third kappa shape index (κ3) is 2.64. The molecular formula is C12H20ClN3O. The molecule has 0 saturated heterocycles. The Hall–Kier alpha value is -0.580. The van der Waals surface area contributed by atoms with Crippen molar-refractivity contribution >= 4 is 11.6 Å². The molecule has 0 unspecified atom stereocenters. The maximum atomic E-state index is 6.25. The summed E-state index contributed by atoms with van der Waals surface area (Å²) in [5, 5.41) is 5.12. The Morgan fingerprint density at radius 2 is 2.24 bits per heavy atom. The van der Waals surface area contributed by atoms with Crippen LogP contribution in [0.3, 0.4) is 0 Å². The fourth-order valence-electron chi connectivity index (χ4n) is 2.18. The third-order valence-electron chi connectivity index (χ3n) is 3.48. The van der Waals surface area contributed by atoms with Gasteiger partial charge in [-0.05, 0) is 31.7 Å². The zero-order chi connectivity index (χ0) is 12.4. The standard InChI is InChI=1S/C12H20ClN3O/c1-3-10-12(13)11(16(2)15-10)7-17-9-4-8(5-9)6-14/h8-9H,3-7,14H2,1-2H3. The van der Waals surface area contributed by atoms with Crippen molar-refractivity contribution in [2.75, 3.05) is 6.54 Å². The molecule has 2 rings (SSSR count). The Kier molecular flexibility index (Phi) is 4.07. The topological polar surface area (TPSA) is 53.1 Å². The highest BCUT2D eigenvalue weighted by Crippen LogP contribution is 2.30. The van der Waals surface area contributed by atoms with Crippen LogP contribution in [0.4, 0.5) is 0 Å². The summed E-state index contributed by atoms with van der Waals surface area (Å²) in [7, 11) is 1.91. The average Bonchev–Trinajstić information content (AvgIpc) is 2.53. The Balaban J connectivity index is 1.89. The molecule has 1 aliphatic carbocycles.